The Morgan fingerprint density at radius 3 is 3.07 bits per heavy atom. The average molecular weight is 257 g/mol. The molecule has 3 N–H and O–H groups in total. The molecule has 4 nitrogen and oxygen atoms in total. The minimum absolute atomic E-state index is 0.305. The molecule has 1 aromatic rings. The molecule has 1 fully saturated rings. The van der Waals surface area contributed by atoms with E-state index < -0.39 is 0 Å². The Kier molecular flexibility index (Phi) is 2.58. The van der Waals surface area contributed by atoms with Crippen molar-refractivity contribution < 1.29 is 0 Å². The Hall–Kier alpha value is -0.840. The van der Waals surface area contributed by atoms with Crippen molar-refractivity contribution in [2.75, 3.05) is 17.6 Å². The van der Waals surface area contributed by atoms with Crippen molar-refractivity contribution >= 4 is 27.7 Å². The molecule has 1 heterocycles. The van der Waals surface area contributed by atoms with Gasteiger partial charge >= 0.3 is 0 Å². The lowest BCUT2D eigenvalue weighted by molar-refractivity contribution is 0.784. The van der Waals surface area contributed by atoms with Crippen LogP contribution in [0.25, 0.3) is 0 Å². The molecule has 5 heteroatoms. The quantitative estimate of drug-likeness (QED) is 0.867. The van der Waals surface area contributed by atoms with Crippen LogP contribution in [-0.4, -0.2) is 16.5 Å². The van der Waals surface area contributed by atoms with Crippen LogP contribution in [0.3, 0.4) is 0 Å². The van der Waals surface area contributed by atoms with E-state index in [0.29, 0.717) is 5.95 Å². The van der Waals surface area contributed by atoms with Gasteiger partial charge in [-0.15, -0.1) is 0 Å². The predicted octanol–water partition coefficient (Wildman–Crippen LogP) is 1.89. The highest BCUT2D eigenvalue weighted by Crippen LogP contribution is 2.37. The van der Waals surface area contributed by atoms with Gasteiger partial charge in [-0.2, -0.15) is 4.98 Å². The summed E-state index contributed by atoms with van der Waals surface area (Å²) in [6.07, 6.45) is 2.98. The number of anilines is 2. The van der Waals surface area contributed by atoms with E-state index in [9.17, 15) is 0 Å². The molecule has 1 saturated carbocycles. The molecule has 0 bridgehead atoms. The molecule has 0 spiro atoms. The van der Waals surface area contributed by atoms with Gasteiger partial charge < -0.3 is 11.1 Å². The summed E-state index contributed by atoms with van der Waals surface area (Å²) in [6, 6.07) is 0. The molecule has 2 unspecified atom stereocenters. The summed E-state index contributed by atoms with van der Waals surface area (Å²) in [7, 11) is 0. The maximum absolute atomic E-state index is 5.49. The highest BCUT2D eigenvalue weighted by atomic mass is 79.9. The van der Waals surface area contributed by atoms with Crippen molar-refractivity contribution in [1.29, 1.82) is 0 Å². The maximum atomic E-state index is 5.49. The lowest BCUT2D eigenvalue weighted by Crippen LogP contribution is -2.08. The van der Waals surface area contributed by atoms with Gasteiger partial charge in [0, 0.05) is 12.7 Å². The van der Waals surface area contributed by atoms with Gasteiger partial charge in [-0.05, 0) is 34.2 Å². The van der Waals surface area contributed by atoms with Gasteiger partial charge in [-0.3, -0.25) is 0 Å². The molecule has 2 atom stereocenters. The first-order chi connectivity index (χ1) is 6.66. The summed E-state index contributed by atoms with van der Waals surface area (Å²) in [6.45, 7) is 3.23. The second-order valence-electron chi connectivity index (χ2n) is 3.78. The lowest BCUT2D eigenvalue weighted by atomic mass is 10.3. The SMILES string of the molecule is CC1CC1CNc1nc(N)ncc1Br. The molecule has 14 heavy (non-hydrogen) atoms. The van der Waals surface area contributed by atoms with Crippen LogP contribution >= 0.6 is 15.9 Å². The molecule has 76 valence electrons. The number of aromatic nitrogens is 2. The second-order valence-corrected chi connectivity index (χ2v) is 4.63. The van der Waals surface area contributed by atoms with E-state index in [-0.39, 0.29) is 0 Å². The van der Waals surface area contributed by atoms with Gasteiger partial charge in [0.25, 0.3) is 0 Å². The fourth-order valence-corrected chi connectivity index (χ4v) is 1.75. The molecule has 1 aromatic heterocycles. The zero-order valence-electron chi connectivity index (χ0n) is 8.00. The summed E-state index contributed by atoms with van der Waals surface area (Å²) in [4.78, 5) is 7.98. The standard InChI is InChI=1S/C9H13BrN4/c1-5-2-6(5)3-12-8-7(10)4-13-9(11)14-8/h4-6H,2-3H2,1H3,(H3,11,12,13,14). The number of hydrogen-bond donors (Lipinski definition) is 2. The minimum Gasteiger partial charge on any atom is -0.369 e. The zero-order chi connectivity index (χ0) is 10.1. The number of rotatable bonds is 3. The Labute approximate surface area is 91.4 Å². The highest BCUT2D eigenvalue weighted by molar-refractivity contribution is 9.10. The Balaban J connectivity index is 1.97. The first-order valence-electron chi connectivity index (χ1n) is 4.68. The van der Waals surface area contributed by atoms with Crippen LogP contribution in [0, 0.1) is 11.8 Å². The van der Waals surface area contributed by atoms with Gasteiger partial charge in [-0.1, -0.05) is 6.92 Å². The fraction of sp³-hybridized carbons (Fsp3) is 0.556. The van der Waals surface area contributed by atoms with Crippen LogP contribution in [0.15, 0.2) is 10.7 Å². The average Bonchev–Trinajstić information content (AvgIpc) is 2.84. The topological polar surface area (TPSA) is 63.8 Å². The number of nitrogens with one attached hydrogen (secondary N) is 1. The predicted molar refractivity (Wildman–Crippen MR) is 59.9 cm³/mol. The minimum atomic E-state index is 0.305. The summed E-state index contributed by atoms with van der Waals surface area (Å²) in [5.74, 6) is 2.73. The van der Waals surface area contributed by atoms with E-state index in [1.165, 1.54) is 6.42 Å². The highest BCUT2D eigenvalue weighted by Gasteiger charge is 2.32. The summed E-state index contributed by atoms with van der Waals surface area (Å²) in [5, 5.41) is 3.27. The van der Waals surface area contributed by atoms with Crippen molar-refractivity contribution in [3.63, 3.8) is 0 Å². The molecular weight excluding hydrogens is 244 g/mol. The molecule has 0 amide bonds. The van der Waals surface area contributed by atoms with E-state index in [1.54, 1.807) is 6.20 Å². The molecular formula is C9H13BrN4. The smallest absolute Gasteiger partial charge is 0.221 e. The normalized spacial score (nSPS) is 24.7. The van der Waals surface area contributed by atoms with E-state index >= 15 is 0 Å². The first-order valence-corrected chi connectivity index (χ1v) is 5.48. The molecule has 0 aromatic carbocycles. The van der Waals surface area contributed by atoms with Gasteiger partial charge in [0.1, 0.15) is 5.82 Å². The van der Waals surface area contributed by atoms with Crippen molar-refractivity contribution in [3.8, 4) is 0 Å². The lowest BCUT2D eigenvalue weighted by Gasteiger charge is -2.06. The van der Waals surface area contributed by atoms with Crippen molar-refractivity contribution in [1.82, 2.24) is 9.97 Å². The van der Waals surface area contributed by atoms with E-state index in [2.05, 4.69) is 38.1 Å². The van der Waals surface area contributed by atoms with Crippen LogP contribution in [0.1, 0.15) is 13.3 Å². The second kappa shape index (κ2) is 3.73. The third-order valence-corrected chi connectivity index (χ3v) is 3.15. The van der Waals surface area contributed by atoms with Gasteiger partial charge in [0.15, 0.2) is 0 Å². The number of nitrogens with two attached hydrogens (primary N) is 1. The number of nitrogens with zero attached hydrogens (tertiary/aromatic N) is 2. The van der Waals surface area contributed by atoms with Gasteiger partial charge in [-0.25, -0.2) is 4.98 Å². The van der Waals surface area contributed by atoms with Crippen LogP contribution < -0.4 is 11.1 Å². The van der Waals surface area contributed by atoms with Crippen LogP contribution in [0.2, 0.25) is 0 Å². The summed E-state index contributed by atoms with van der Waals surface area (Å²) >= 11 is 3.37. The Morgan fingerprint density at radius 1 is 1.71 bits per heavy atom. The molecule has 0 aliphatic heterocycles. The van der Waals surface area contributed by atoms with E-state index in [1.807, 2.05) is 0 Å². The molecule has 0 radical (unpaired) electrons. The Morgan fingerprint density at radius 2 is 2.43 bits per heavy atom. The molecule has 1 aliphatic rings. The number of hydrogen-bond acceptors (Lipinski definition) is 4. The monoisotopic (exact) mass is 256 g/mol. The van der Waals surface area contributed by atoms with E-state index in [0.717, 1.165) is 28.7 Å². The van der Waals surface area contributed by atoms with Crippen molar-refractivity contribution in [2.24, 2.45) is 11.8 Å². The van der Waals surface area contributed by atoms with Gasteiger partial charge in [0.05, 0.1) is 4.47 Å². The fourth-order valence-electron chi connectivity index (χ4n) is 1.42. The molecule has 1 aliphatic carbocycles. The van der Waals surface area contributed by atoms with Gasteiger partial charge in [0.2, 0.25) is 5.95 Å². The summed E-state index contributed by atoms with van der Waals surface area (Å²) in [5.41, 5.74) is 5.49. The molecule has 2 rings (SSSR count). The van der Waals surface area contributed by atoms with Crippen LogP contribution in [-0.2, 0) is 0 Å². The largest absolute Gasteiger partial charge is 0.369 e. The van der Waals surface area contributed by atoms with E-state index in [4.69, 9.17) is 5.73 Å². The third-order valence-electron chi connectivity index (χ3n) is 2.57. The summed E-state index contributed by atoms with van der Waals surface area (Å²) < 4.78 is 0.861. The van der Waals surface area contributed by atoms with Crippen LogP contribution in [0.5, 0.6) is 0 Å². The number of nitrogen functional groups attached to an aromatic ring is 1. The maximum Gasteiger partial charge on any atom is 0.221 e. The Bertz CT molecular complexity index is 342. The third kappa shape index (κ3) is 2.15. The molecule has 0 saturated heterocycles. The first kappa shape index (κ1) is 9.71. The van der Waals surface area contributed by atoms with Crippen molar-refractivity contribution in [3.05, 3.63) is 10.7 Å². The number of halogens is 1. The zero-order valence-corrected chi connectivity index (χ0v) is 9.58. The van der Waals surface area contributed by atoms with Crippen LogP contribution in [0.4, 0.5) is 11.8 Å². The van der Waals surface area contributed by atoms with Crippen molar-refractivity contribution in [2.45, 2.75) is 13.3 Å².